The normalized spacial score (nSPS) is 29.2. The summed E-state index contributed by atoms with van der Waals surface area (Å²) in [5.41, 5.74) is 7.15. The highest BCUT2D eigenvalue weighted by Gasteiger charge is 2.46. The molecule has 2 aliphatic carbocycles. The van der Waals surface area contributed by atoms with Crippen LogP contribution in [0.4, 0.5) is 0 Å². The Balaban J connectivity index is 1.98. The van der Waals surface area contributed by atoms with E-state index in [0.717, 1.165) is 19.0 Å². The van der Waals surface area contributed by atoms with Crippen molar-refractivity contribution in [3.63, 3.8) is 0 Å². The van der Waals surface area contributed by atoms with E-state index < -0.39 is 0 Å². The monoisotopic (exact) mass is 252 g/mol. The lowest BCUT2D eigenvalue weighted by atomic mass is 9.58. The molecule has 0 aromatic carbocycles. The predicted octanol–water partition coefficient (Wildman–Crippen LogP) is 3.31. The van der Waals surface area contributed by atoms with Crippen LogP contribution in [0.3, 0.4) is 0 Å². The standard InChI is InChI=1S/C16H32N2/c1-14(2)9-15(3,4)11-16(10-14,12-17)18-8-7-13-5-6-13/h13,18H,5-12,17H2,1-4H3. The molecule has 0 heterocycles. The van der Waals surface area contributed by atoms with E-state index in [9.17, 15) is 0 Å². The van der Waals surface area contributed by atoms with Crippen LogP contribution in [0.2, 0.25) is 0 Å². The second-order valence-corrected chi connectivity index (χ2v) is 8.50. The van der Waals surface area contributed by atoms with Crippen LogP contribution in [0.15, 0.2) is 0 Å². The SMILES string of the molecule is CC1(C)CC(C)(C)CC(CN)(NCCC2CC2)C1. The van der Waals surface area contributed by atoms with E-state index >= 15 is 0 Å². The van der Waals surface area contributed by atoms with Gasteiger partial charge in [-0.2, -0.15) is 0 Å². The highest BCUT2D eigenvalue weighted by Crippen LogP contribution is 2.49. The topological polar surface area (TPSA) is 38.0 Å². The minimum absolute atomic E-state index is 0.181. The Morgan fingerprint density at radius 2 is 1.56 bits per heavy atom. The van der Waals surface area contributed by atoms with Crippen molar-refractivity contribution in [3.8, 4) is 0 Å². The molecule has 0 aromatic rings. The van der Waals surface area contributed by atoms with Gasteiger partial charge in [-0.25, -0.2) is 0 Å². The van der Waals surface area contributed by atoms with Crippen LogP contribution in [0, 0.1) is 16.7 Å². The van der Waals surface area contributed by atoms with Crippen molar-refractivity contribution < 1.29 is 0 Å². The zero-order valence-electron chi connectivity index (χ0n) is 12.8. The average molecular weight is 252 g/mol. The van der Waals surface area contributed by atoms with Gasteiger partial charge in [0.2, 0.25) is 0 Å². The maximum absolute atomic E-state index is 6.15. The number of hydrogen-bond acceptors (Lipinski definition) is 2. The summed E-state index contributed by atoms with van der Waals surface area (Å²) in [7, 11) is 0. The third-order valence-electron chi connectivity index (χ3n) is 4.73. The van der Waals surface area contributed by atoms with Gasteiger partial charge in [0, 0.05) is 12.1 Å². The van der Waals surface area contributed by atoms with E-state index in [1.807, 2.05) is 0 Å². The lowest BCUT2D eigenvalue weighted by Crippen LogP contribution is -2.59. The zero-order valence-corrected chi connectivity index (χ0v) is 12.8. The van der Waals surface area contributed by atoms with Crippen LogP contribution in [0.5, 0.6) is 0 Å². The number of hydrogen-bond donors (Lipinski definition) is 2. The van der Waals surface area contributed by atoms with Crippen molar-refractivity contribution in [1.82, 2.24) is 5.32 Å². The third-order valence-corrected chi connectivity index (χ3v) is 4.73. The third kappa shape index (κ3) is 3.71. The lowest BCUT2D eigenvalue weighted by Gasteiger charge is -2.52. The molecule has 0 atom stereocenters. The minimum Gasteiger partial charge on any atom is -0.329 e. The first-order valence-electron chi connectivity index (χ1n) is 7.71. The Bertz CT molecular complexity index is 273. The number of nitrogens with two attached hydrogens (primary N) is 1. The van der Waals surface area contributed by atoms with Gasteiger partial charge in [0.05, 0.1) is 0 Å². The number of rotatable bonds is 5. The fourth-order valence-electron chi connectivity index (χ4n) is 4.60. The molecule has 2 saturated carbocycles. The summed E-state index contributed by atoms with van der Waals surface area (Å²) in [6.07, 6.45) is 8.02. The molecule has 2 nitrogen and oxygen atoms in total. The van der Waals surface area contributed by atoms with Crippen molar-refractivity contribution in [2.24, 2.45) is 22.5 Å². The summed E-state index contributed by atoms with van der Waals surface area (Å²) in [6, 6.07) is 0. The van der Waals surface area contributed by atoms with Gasteiger partial charge in [-0.1, -0.05) is 40.5 Å². The first-order chi connectivity index (χ1) is 8.26. The largest absolute Gasteiger partial charge is 0.329 e. The molecule has 0 bridgehead atoms. The molecule has 0 radical (unpaired) electrons. The van der Waals surface area contributed by atoms with Crippen molar-refractivity contribution in [2.45, 2.75) is 71.8 Å². The quantitative estimate of drug-likeness (QED) is 0.788. The fourth-order valence-corrected chi connectivity index (χ4v) is 4.60. The summed E-state index contributed by atoms with van der Waals surface area (Å²) in [4.78, 5) is 0. The molecule has 2 fully saturated rings. The van der Waals surface area contributed by atoms with Crippen molar-refractivity contribution in [3.05, 3.63) is 0 Å². The highest BCUT2D eigenvalue weighted by molar-refractivity contribution is 5.03. The van der Waals surface area contributed by atoms with E-state index in [4.69, 9.17) is 5.73 Å². The van der Waals surface area contributed by atoms with Crippen LogP contribution in [-0.2, 0) is 0 Å². The molecule has 0 aromatic heterocycles. The van der Waals surface area contributed by atoms with Gasteiger partial charge in [-0.15, -0.1) is 0 Å². The van der Waals surface area contributed by atoms with Crippen molar-refractivity contribution in [1.29, 1.82) is 0 Å². The summed E-state index contributed by atoms with van der Waals surface area (Å²) in [5, 5.41) is 3.84. The molecule has 0 saturated heterocycles. The molecular formula is C16H32N2. The maximum atomic E-state index is 6.15. The van der Waals surface area contributed by atoms with Gasteiger partial charge in [-0.3, -0.25) is 0 Å². The Morgan fingerprint density at radius 1 is 1.00 bits per heavy atom. The van der Waals surface area contributed by atoms with E-state index in [2.05, 4.69) is 33.0 Å². The van der Waals surface area contributed by atoms with Crippen molar-refractivity contribution >= 4 is 0 Å². The Hall–Kier alpha value is -0.0800. The van der Waals surface area contributed by atoms with E-state index in [0.29, 0.717) is 10.8 Å². The molecule has 0 spiro atoms. The lowest BCUT2D eigenvalue weighted by molar-refractivity contribution is 0.0323. The predicted molar refractivity (Wildman–Crippen MR) is 78.5 cm³/mol. The Labute approximate surface area is 113 Å². The highest BCUT2D eigenvalue weighted by atomic mass is 15.0. The van der Waals surface area contributed by atoms with Crippen molar-refractivity contribution in [2.75, 3.05) is 13.1 Å². The molecule has 0 amide bonds. The summed E-state index contributed by atoms with van der Waals surface area (Å²) < 4.78 is 0. The molecule has 2 rings (SSSR count). The van der Waals surface area contributed by atoms with Gasteiger partial charge >= 0.3 is 0 Å². The molecule has 0 unspecified atom stereocenters. The number of nitrogens with one attached hydrogen (secondary N) is 1. The second-order valence-electron chi connectivity index (χ2n) is 8.50. The van der Waals surface area contributed by atoms with Gasteiger partial charge in [0.25, 0.3) is 0 Å². The molecular weight excluding hydrogens is 220 g/mol. The Kier molecular flexibility index (Phi) is 3.81. The van der Waals surface area contributed by atoms with Gasteiger partial charge in [-0.05, 0) is 49.0 Å². The Morgan fingerprint density at radius 3 is 2.00 bits per heavy atom. The van der Waals surface area contributed by atoms with Crippen LogP contribution < -0.4 is 11.1 Å². The summed E-state index contributed by atoms with van der Waals surface area (Å²) >= 11 is 0. The van der Waals surface area contributed by atoms with Gasteiger partial charge in [0.15, 0.2) is 0 Å². The van der Waals surface area contributed by atoms with E-state index in [-0.39, 0.29) is 5.54 Å². The minimum atomic E-state index is 0.181. The van der Waals surface area contributed by atoms with Crippen LogP contribution >= 0.6 is 0 Å². The zero-order chi connectivity index (χ0) is 13.4. The van der Waals surface area contributed by atoms with Crippen LogP contribution in [0.1, 0.15) is 66.2 Å². The first kappa shape index (κ1) is 14.3. The summed E-state index contributed by atoms with van der Waals surface area (Å²) in [5.74, 6) is 1.01. The summed E-state index contributed by atoms with van der Waals surface area (Å²) in [6.45, 7) is 11.6. The molecule has 3 N–H and O–H groups in total. The second kappa shape index (κ2) is 4.79. The smallest absolute Gasteiger partial charge is 0.0314 e. The van der Waals surface area contributed by atoms with E-state index in [1.165, 1.54) is 38.5 Å². The maximum Gasteiger partial charge on any atom is 0.0314 e. The molecule has 0 aliphatic heterocycles. The fraction of sp³-hybridized carbons (Fsp3) is 1.00. The molecule has 18 heavy (non-hydrogen) atoms. The molecule has 106 valence electrons. The van der Waals surface area contributed by atoms with Crippen LogP contribution in [0.25, 0.3) is 0 Å². The van der Waals surface area contributed by atoms with Gasteiger partial charge in [0.1, 0.15) is 0 Å². The molecule has 2 heteroatoms. The van der Waals surface area contributed by atoms with E-state index in [1.54, 1.807) is 0 Å². The molecule has 2 aliphatic rings. The van der Waals surface area contributed by atoms with Gasteiger partial charge < -0.3 is 11.1 Å². The van der Waals surface area contributed by atoms with Crippen LogP contribution in [-0.4, -0.2) is 18.6 Å². The first-order valence-corrected chi connectivity index (χ1v) is 7.71. The average Bonchev–Trinajstić information content (AvgIpc) is 2.96.